The van der Waals surface area contributed by atoms with Gasteiger partial charge in [-0.3, -0.25) is 0 Å². The third kappa shape index (κ3) is 2.67. The maximum atomic E-state index is 9.86. The van der Waals surface area contributed by atoms with Gasteiger partial charge in [0.15, 0.2) is 0 Å². The van der Waals surface area contributed by atoms with E-state index < -0.39 is 0 Å². The quantitative estimate of drug-likeness (QED) is 0.883. The van der Waals surface area contributed by atoms with Gasteiger partial charge in [-0.15, -0.1) is 0 Å². The second kappa shape index (κ2) is 6.10. The first kappa shape index (κ1) is 14.5. The summed E-state index contributed by atoms with van der Waals surface area (Å²) in [6.07, 6.45) is 4.73. The molecule has 0 bridgehead atoms. The fourth-order valence-electron chi connectivity index (χ4n) is 3.71. The third-order valence-corrected chi connectivity index (χ3v) is 4.68. The Balaban J connectivity index is 2.02. The summed E-state index contributed by atoms with van der Waals surface area (Å²) in [7, 11) is 0. The molecule has 3 rings (SSSR count). The Bertz CT molecular complexity index is 630. The minimum atomic E-state index is 0.382. The molecular formula is C18H26N2O. The van der Waals surface area contributed by atoms with Crippen molar-refractivity contribution < 1.29 is 5.11 Å². The van der Waals surface area contributed by atoms with Crippen LogP contribution in [0.15, 0.2) is 18.2 Å². The van der Waals surface area contributed by atoms with Crippen LogP contribution in [0.4, 0.5) is 0 Å². The number of nitrogens with one attached hydrogen (secondary N) is 1. The highest BCUT2D eigenvalue weighted by atomic mass is 16.3. The van der Waals surface area contributed by atoms with Gasteiger partial charge >= 0.3 is 0 Å². The molecule has 1 unspecified atom stereocenters. The Morgan fingerprint density at radius 2 is 2.19 bits per heavy atom. The van der Waals surface area contributed by atoms with Crippen molar-refractivity contribution in [2.45, 2.75) is 46.1 Å². The summed E-state index contributed by atoms with van der Waals surface area (Å²) in [5.74, 6) is 1.10. The van der Waals surface area contributed by atoms with Crippen molar-refractivity contribution in [3.63, 3.8) is 0 Å². The Labute approximate surface area is 127 Å². The van der Waals surface area contributed by atoms with E-state index in [0.717, 1.165) is 38.4 Å². The molecule has 1 atom stereocenters. The van der Waals surface area contributed by atoms with Crippen molar-refractivity contribution in [1.82, 2.24) is 9.88 Å². The molecule has 2 aromatic rings. The van der Waals surface area contributed by atoms with Crippen LogP contribution < -0.4 is 5.32 Å². The van der Waals surface area contributed by atoms with Crippen molar-refractivity contribution in [2.75, 3.05) is 13.1 Å². The molecule has 3 nitrogen and oxygen atoms in total. The zero-order valence-electron chi connectivity index (χ0n) is 13.2. The normalized spacial score (nSPS) is 18.1. The van der Waals surface area contributed by atoms with E-state index in [1.54, 1.807) is 0 Å². The van der Waals surface area contributed by atoms with Crippen molar-refractivity contribution in [3.8, 4) is 5.75 Å². The summed E-state index contributed by atoms with van der Waals surface area (Å²) in [5.41, 5.74) is 4.28. The van der Waals surface area contributed by atoms with Crippen LogP contribution in [0.3, 0.4) is 0 Å². The lowest BCUT2D eigenvalue weighted by atomic mass is 9.86. The zero-order chi connectivity index (χ0) is 14.8. The molecule has 0 aliphatic heterocycles. The van der Waals surface area contributed by atoms with Gasteiger partial charge in [0.2, 0.25) is 0 Å². The molecule has 21 heavy (non-hydrogen) atoms. The molecule has 0 amide bonds. The van der Waals surface area contributed by atoms with E-state index in [-0.39, 0.29) is 0 Å². The van der Waals surface area contributed by atoms with E-state index >= 15 is 0 Å². The fourth-order valence-corrected chi connectivity index (χ4v) is 3.71. The van der Waals surface area contributed by atoms with Gasteiger partial charge in [0.05, 0.1) is 0 Å². The number of rotatable bonds is 5. The SMILES string of the molecule is CCCn1c2c(c3cc(O)ccc31)CC(CNCC)CC2. The second-order valence-electron chi connectivity index (χ2n) is 6.19. The van der Waals surface area contributed by atoms with Crippen LogP contribution in [0.1, 0.15) is 37.9 Å². The lowest BCUT2D eigenvalue weighted by Gasteiger charge is -2.24. The van der Waals surface area contributed by atoms with Crippen LogP contribution in [-0.2, 0) is 19.4 Å². The molecule has 0 fully saturated rings. The van der Waals surface area contributed by atoms with Gasteiger partial charge in [-0.1, -0.05) is 13.8 Å². The number of hydrogen-bond acceptors (Lipinski definition) is 2. The van der Waals surface area contributed by atoms with Gasteiger partial charge < -0.3 is 15.0 Å². The van der Waals surface area contributed by atoms with Gasteiger partial charge in [0.25, 0.3) is 0 Å². The average molecular weight is 286 g/mol. The van der Waals surface area contributed by atoms with Crippen LogP contribution >= 0.6 is 0 Å². The number of hydrogen-bond donors (Lipinski definition) is 2. The number of nitrogens with zero attached hydrogens (tertiary/aromatic N) is 1. The summed E-state index contributed by atoms with van der Waals surface area (Å²) in [5, 5.41) is 14.6. The molecule has 0 saturated carbocycles. The van der Waals surface area contributed by atoms with E-state index in [2.05, 4.69) is 29.8 Å². The first-order valence-electron chi connectivity index (χ1n) is 8.28. The molecule has 0 radical (unpaired) electrons. The molecule has 0 spiro atoms. The van der Waals surface area contributed by atoms with Crippen molar-refractivity contribution in [1.29, 1.82) is 0 Å². The highest BCUT2D eigenvalue weighted by Crippen LogP contribution is 2.36. The van der Waals surface area contributed by atoms with Crippen molar-refractivity contribution >= 4 is 10.9 Å². The number of phenolic OH excluding ortho intramolecular Hbond substituents is 1. The molecule has 114 valence electrons. The Morgan fingerprint density at radius 1 is 1.33 bits per heavy atom. The number of aromatic nitrogens is 1. The van der Waals surface area contributed by atoms with Crippen molar-refractivity contribution in [3.05, 3.63) is 29.5 Å². The number of fused-ring (bicyclic) bond motifs is 3. The Morgan fingerprint density at radius 3 is 2.95 bits per heavy atom. The van der Waals surface area contributed by atoms with Crippen molar-refractivity contribution in [2.24, 2.45) is 5.92 Å². The molecular weight excluding hydrogens is 260 g/mol. The maximum absolute atomic E-state index is 9.86. The highest BCUT2D eigenvalue weighted by molar-refractivity contribution is 5.87. The molecule has 1 aliphatic carbocycles. The smallest absolute Gasteiger partial charge is 0.116 e. The van der Waals surface area contributed by atoms with Gasteiger partial charge in [0.1, 0.15) is 5.75 Å². The minimum absolute atomic E-state index is 0.382. The van der Waals surface area contributed by atoms with E-state index in [9.17, 15) is 5.11 Å². The van der Waals surface area contributed by atoms with Crippen LogP contribution in [0.5, 0.6) is 5.75 Å². The van der Waals surface area contributed by atoms with E-state index in [1.165, 1.54) is 35.0 Å². The molecule has 1 aromatic carbocycles. The van der Waals surface area contributed by atoms with Crippen LogP contribution in [0.25, 0.3) is 10.9 Å². The Kier molecular flexibility index (Phi) is 4.20. The summed E-state index contributed by atoms with van der Waals surface area (Å²) in [6.45, 7) is 7.63. The highest BCUT2D eigenvalue weighted by Gasteiger charge is 2.25. The molecule has 0 saturated heterocycles. The third-order valence-electron chi connectivity index (χ3n) is 4.68. The number of aromatic hydroxyl groups is 1. The first-order valence-corrected chi connectivity index (χ1v) is 8.28. The number of benzene rings is 1. The monoisotopic (exact) mass is 286 g/mol. The second-order valence-corrected chi connectivity index (χ2v) is 6.19. The van der Waals surface area contributed by atoms with E-state index in [1.807, 2.05) is 12.1 Å². The van der Waals surface area contributed by atoms with Crippen LogP contribution in [0, 0.1) is 5.92 Å². The summed E-state index contributed by atoms with van der Waals surface area (Å²) < 4.78 is 2.48. The van der Waals surface area contributed by atoms with Gasteiger partial charge in [-0.2, -0.15) is 0 Å². The zero-order valence-corrected chi connectivity index (χ0v) is 13.2. The van der Waals surface area contributed by atoms with Crippen LogP contribution in [-0.4, -0.2) is 22.8 Å². The predicted octanol–water partition coefficient (Wildman–Crippen LogP) is 3.47. The lowest BCUT2D eigenvalue weighted by Crippen LogP contribution is -2.27. The minimum Gasteiger partial charge on any atom is -0.508 e. The van der Waals surface area contributed by atoms with E-state index in [4.69, 9.17) is 0 Å². The van der Waals surface area contributed by atoms with E-state index in [0.29, 0.717) is 5.75 Å². The topological polar surface area (TPSA) is 37.2 Å². The lowest BCUT2D eigenvalue weighted by molar-refractivity contribution is 0.422. The average Bonchev–Trinajstić information content (AvgIpc) is 2.79. The van der Waals surface area contributed by atoms with Crippen LogP contribution in [0.2, 0.25) is 0 Å². The largest absolute Gasteiger partial charge is 0.508 e. The molecule has 1 aliphatic rings. The number of phenols is 1. The molecule has 3 heteroatoms. The predicted molar refractivity (Wildman–Crippen MR) is 88.0 cm³/mol. The fraction of sp³-hybridized carbons (Fsp3) is 0.556. The Hall–Kier alpha value is -1.48. The first-order chi connectivity index (χ1) is 10.2. The standard InChI is InChI=1S/C18H26N2O/c1-3-9-20-17-7-5-13(12-19-4-2)10-15(17)16-11-14(21)6-8-18(16)20/h6,8,11,13,19,21H,3-5,7,9-10,12H2,1-2H3. The van der Waals surface area contributed by atoms with Gasteiger partial charge in [0, 0.05) is 23.1 Å². The molecule has 1 aromatic heterocycles. The van der Waals surface area contributed by atoms with Gasteiger partial charge in [-0.25, -0.2) is 0 Å². The number of aryl methyl sites for hydroxylation is 1. The molecule has 2 N–H and O–H groups in total. The summed E-state index contributed by atoms with van der Waals surface area (Å²) in [4.78, 5) is 0. The summed E-state index contributed by atoms with van der Waals surface area (Å²) in [6, 6.07) is 5.85. The summed E-state index contributed by atoms with van der Waals surface area (Å²) >= 11 is 0. The maximum Gasteiger partial charge on any atom is 0.116 e. The van der Waals surface area contributed by atoms with Gasteiger partial charge in [-0.05, 0) is 68.5 Å². The molecule has 1 heterocycles.